The smallest absolute Gasteiger partial charge is 0.167 e. The molecule has 0 N–H and O–H groups in total. The van der Waals surface area contributed by atoms with Crippen LogP contribution in [0.2, 0.25) is 0 Å². The lowest BCUT2D eigenvalue weighted by atomic mass is 10.2. The summed E-state index contributed by atoms with van der Waals surface area (Å²) in [4.78, 5) is 0. The first-order chi connectivity index (χ1) is 8.56. The Balaban J connectivity index is 2.13. The van der Waals surface area contributed by atoms with E-state index in [2.05, 4.69) is 0 Å². The van der Waals surface area contributed by atoms with Gasteiger partial charge >= 0.3 is 0 Å². The summed E-state index contributed by atoms with van der Waals surface area (Å²) < 4.78 is 56.9. The predicted octanol–water partition coefficient (Wildman–Crippen LogP) is 3.82. The van der Waals surface area contributed by atoms with E-state index in [0.717, 1.165) is 30.3 Å². The third-order valence-electron chi connectivity index (χ3n) is 2.28. The molecule has 94 valence electrons. The first-order valence-electron chi connectivity index (χ1n) is 5.08. The molecule has 0 spiro atoms. The predicted molar refractivity (Wildman–Crippen MR) is 57.0 cm³/mol. The van der Waals surface area contributed by atoms with Crippen LogP contribution in [0.25, 0.3) is 0 Å². The van der Waals surface area contributed by atoms with Gasteiger partial charge in [0, 0.05) is 11.6 Å². The van der Waals surface area contributed by atoms with Gasteiger partial charge in [0.15, 0.2) is 11.6 Å². The Morgan fingerprint density at radius 1 is 0.778 bits per heavy atom. The molecule has 1 nitrogen and oxygen atoms in total. The molecule has 0 aliphatic carbocycles. The lowest BCUT2D eigenvalue weighted by Gasteiger charge is -2.08. The summed E-state index contributed by atoms with van der Waals surface area (Å²) in [7, 11) is 0. The Bertz CT molecular complexity index is 569. The van der Waals surface area contributed by atoms with Gasteiger partial charge in [-0.2, -0.15) is 0 Å². The third-order valence-corrected chi connectivity index (χ3v) is 2.28. The molecule has 0 atom stereocenters. The van der Waals surface area contributed by atoms with Crippen LogP contribution in [-0.4, -0.2) is 0 Å². The van der Waals surface area contributed by atoms with Crippen molar-refractivity contribution in [2.75, 3.05) is 0 Å². The second-order valence-corrected chi connectivity index (χ2v) is 3.60. The van der Waals surface area contributed by atoms with E-state index in [4.69, 9.17) is 4.74 Å². The molecule has 0 amide bonds. The molecule has 0 saturated heterocycles. The standard InChI is InChI=1S/C13H8F4O/c14-9-1-3-11(16)8(5-9)7-18-13-4-2-10(15)6-12(13)17/h1-6H,7H2. The van der Waals surface area contributed by atoms with E-state index in [1.807, 2.05) is 0 Å². The molecule has 0 fully saturated rings. The maximum atomic E-state index is 13.2. The average Bonchev–Trinajstić information content (AvgIpc) is 2.32. The summed E-state index contributed by atoms with van der Waals surface area (Å²) in [6, 6.07) is 5.63. The number of halogens is 4. The van der Waals surface area contributed by atoms with E-state index in [1.54, 1.807) is 0 Å². The summed E-state index contributed by atoms with van der Waals surface area (Å²) in [6.45, 7) is -0.341. The number of hydrogen-bond donors (Lipinski definition) is 0. The summed E-state index contributed by atoms with van der Waals surface area (Å²) in [6.07, 6.45) is 0. The van der Waals surface area contributed by atoms with Gasteiger partial charge in [-0.1, -0.05) is 0 Å². The second-order valence-electron chi connectivity index (χ2n) is 3.60. The van der Waals surface area contributed by atoms with Crippen molar-refractivity contribution in [1.29, 1.82) is 0 Å². The fourth-order valence-corrected chi connectivity index (χ4v) is 1.40. The average molecular weight is 256 g/mol. The molecular weight excluding hydrogens is 248 g/mol. The SMILES string of the molecule is Fc1ccc(OCc2cc(F)ccc2F)c(F)c1. The molecule has 2 aromatic carbocycles. The molecule has 18 heavy (non-hydrogen) atoms. The van der Waals surface area contributed by atoms with Crippen LogP contribution < -0.4 is 4.74 Å². The number of benzene rings is 2. The molecule has 0 bridgehead atoms. The highest BCUT2D eigenvalue weighted by atomic mass is 19.1. The fourth-order valence-electron chi connectivity index (χ4n) is 1.40. The zero-order valence-electron chi connectivity index (χ0n) is 9.09. The van der Waals surface area contributed by atoms with E-state index in [0.29, 0.717) is 6.07 Å². The van der Waals surface area contributed by atoms with Crippen molar-refractivity contribution in [1.82, 2.24) is 0 Å². The van der Waals surface area contributed by atoms with E-state index >= 15 is 0 Å². The van der Waals surface area contributed by atoms with Crippen LogP contribution in [0, 0.1) is 23.3 Å². The Kier molecular flexibility index (Phi) is 3.50. The first-order valence-corrected chi connectivity index (χ1v) is 5.08. The van der Waals surface area contributed by atoms with Gasteiger partial charge in [-0.3, -0.25) is 0 Å². The molecular formula is C13H8F4O. The molecule has 0 aliphatic rings. The van der Waals surface area contributed by atoms with Crippen LogP contribution in [0.5, 0.6) is 5.75 Å². The number of ether oxygens (including phenoxy) is 1. The lowest BCUT2D eigenvalue weighted by molar-refractivity contribution is 0.283. The Hall–Kier alpha value is -2.04. The van der Waals surface area contributed by atoms with Gasteiger partial charge in [0.25, 0.3) is 0 Å². The van der Waals surface area contributed by atoms with E-state index in [-0.39, 0.29) is 17.9 Å². The van der Waals surface area contributed by atoms with Crippen LogP contribution in [0.1, 0.15) is 5.56 Å². The second kappa shape index (κ2) is 5.08. The van der Waals surface area contributed by atoms with Gasteiger partial charge < -0.3 is 4.74 Å². The molecule has 0 saturated carbocycles. The summed E-state index contributed by atoms with van der Waals surface area (Å²) in [5, 5.41) is 0. The van der Waals surface area contributed by atoms with Crippen molar-refractivity contribution < 1.29 is 22.3 Å². The first kappa shape index (κ1) is 12.4. The Labute approximate surface area is 101 Å². The fraction of sp³-hybridized carbons (Fsp3) is 0.0769. The zero-order valence-corrected chi connectivity index (χ0v) is 9.09. The van der Waals surface area contributed by atoms with E-state index in [1.165, 1.54) is 0 Å². The van der Waals surface area contributed by atoms with Crippen molar-refractivity contribution in [2.24, 2.45) is 0 Å². The van der Waals surface area contributed by atoms with E-state index in [9.17, 15) is 17.6 Å². The van der Waals surface area contributed by atoms with Crippen LogP contribution in [0.3, 0.4) is 0 Å². The lowest BCUT2D eigenvalue weighted by Crippen LogP contribution is -2.01. The van der Waals surface area contributed by atoms with Crippen LogP contribution in [0.15, 0.2) is 36.4 Å². The largest absolute Gasteiger partial charge is 0.486 e. The molecule has 2 aromatic rings. The number of rotatable bonds is 3. The normalized spacial score (nSPS) is 10.4. The van der Waals surface area contributed by atoms with Gasteiger partial charge in [0.2, 0.25) is 0 Å². The molecule has 0 aliphatic heterocycles. The van der Waals surface area contributed by atoms with Gasteiger partial charge in [0.1, 0.15) is 24.1 Å². The molecule has 0 radical (unpaired) electrons. The number of hydrogen-bond acceptors (Lipinski definition) is 1. The summed E-state index contributed by atoms with van der Waals surface area (Å²) in [5.41, 5.74) is -0.0428. The van der Waals surface area contributed by atoms with Gasteiger partial charge in [-0.15, -0.1) is 0 Å². The molecule has 0 unspecified atom stereocenters. The monoisotopic (exact) mass is 256 g/mol. The van der Waals surface area contributed by atoms with Crippen LogP contribution >= 0.6 is 0 Å². The molecule has 5 heteroatoms. The highest BCUT2D eigenvalue weighted by molar-refractivity contribution is 5.26. The van der Waals surface area contributed by atoms with Crippen LogP contribution in [0.4, 0.5) is 17.6 Å². The van der Waals surface area contributed by atoms with Gasteiger partial charge in [0.05, 0.1) is 0 Å². The Morgan fingerprint density at radius 3 is 2.17 bits per heavy atom. The minimum Gasteiger partial charge on any atom is -0.486 e. The van der Waals surface area contributed by atoms with E-state index < -0.39 is 23.3 Å². The molecule has 0 heterocycles. The van der Waals surface area contributed by atoms with Crippen molar-refractivity contribution >= 4 is 0 Å². The topological polar surface area (TPSA) is 9.23 Å². The maximum absolute atomic E-state index is 13.2. The minimum absolute atomic E-state index is 0.0428. The van der Waals surface area contributed by atoms with Gasteiger partial charge in [-0.25, -0.2) is 17.6 Å². The maximum Gasteiger partial charge on any atom is 0.167 e. The van der Waals surface area contributed by atoms with Gasteiger partial charge in [-0.05, 0) is 30.3 Å². The minimum atomic E-state index is -0.896. The molecule has 0 aromatic heterocycles. The molecule has 2 rings (SSSR count). The Morgan fingerprint density at radius 2 is 1.44 bits per heavy atom. The van der Waals surface area contributed by atoms with Crippen LogP contribution in [-0.2, 0) is 6.61 Å². The zero-order chi connectivity index (χ0) is 13.1. The van der Waals surface area contributed by atoms with Crippen molar-refractivity contribution in [3.8, 4) is 5.75 Å². The highest BCUT2D eigenvalue weighted by Gasteiger charge is 2.08. The van der Waals surface area contributed by atoms with Crippen molar-refractivity contribution in [2.45, 2.75) is 6.61 Å². The van der Waals surface area contributed by atoms with Crippen molar-refractivity contribution in [3.63, 3.8) is 0 Å². The summed E-state index contributed by atoms with van der Waals surface area (Å²) in [5.74, 6) is -3.13. The quantitative estimate of drug-likeness (QED) is 0.758. The summed E-state index contributed by atoms with van der Waals surface area (Å²) >= 11 is 0. The highest BCUT2D eigenvalue weighted by Crippen LogP contribution is 2.20. The third kappa shape index (κ3) is 2.80. The van der Waals surface area contributed by atoms with Crippen molar-refractivity contribution in [3.05, 3.63) is 65.2 Å².